The summed E-state index contributed by atoms with van der Waals surface area (Å²) in [6.45, 7) is 6.48. The lowest BCUT2D eigenvalue weighted by molar-refractivity contribution is 0.143. The van der Waals surface area contributed by atoms with Crippen LogP contribution < -0.4 is 5.32 Å². The Kier molecular flexibility index (Phi) is 4.90. The first-order valence-corrected chi connectivity index (χ1v) is 9.53. The van der Waals surface area contributed by atoms with Gasteiger partial charge in [-0.3, -0.25) is 4.90 Å². The van der Waals surface area contributed by atoms with E-state index >= 15 is 0 Å². The molecule has 1 heterocycles. The molecule has 1 N–H and O–H groups in total. The SMILES string of the molecule is CC(C)N(CC1CCCN1)C1CCCC1S(C)(=O)=O. The Morgan fingerprint density at radius 2 is 1.95 bits per heavy atom. The zero-order chi connectivity index (χ0) is 14.0. The highest BCUT2D eigenvalue weighted by Crippen LogP contribution is 2.31. The van der Waals surface area contributed by atoms with Gasteiger partial charge in [0, 0.05) is 30.9 Å². The molecular weight excluding hydrogens is 260 g/mol. The minimum atomic E-state index is -2.93. The van der Waals surface area contributed by atoms with Crippen LogP contribution in [0.1, 0.15) is 46.0 Å². The molecular formula is C14H28N2O2S. The van der Waals surface area contributed by atoms with E-state index in [4.69, 9.17) is 0 Å². The highest BCUT2D eigenvalue weighted by molar-refractivity contribution is 7.91. The number of sulfone groups is 1. The van der Waals surface area contributed by atoms with Crippen LogP contribution in [0.3, 0.4) is 0 Å². The summed E-state index contributed by atoms with van der Waals surface area (Å²) in [5.41, 5.74) is 0. The predicted octanol–water partition coefficient (Wildman–Crippen LogP) is 1.41. The molecule has 112 valence electrons. The van der Waals surface area contributed by atoms with Gasteiger partial charge in [0.1, 0.15) is 0 Å². The molecule has 3 atom stereocenters. The molecule has 1 aliphatic heterocycles. The van der Waals surface area contributed by atoms with Crippen LogP contribution in [0, 0.1) is 0 Å². The van der Waals surface area contributed by atoms with E-state index in [0.29, 0.717) is 12.1 Å². The van der Waals surface area contributed by atoms with Gasteiger partial charge in [-0.05, 0) is 46.1 Å². The zero-order valence-electron chi connectivity index (χ0n) is 12.4. The third-order valence-corrected chi connectivity index (χ3v) is 6.30. The first kappa shape index (κ1) is 15.3. The number of nitrogens with zero attached hydrogens (tertiary/aromatic N) is 1. The molecule has 0 spiro atoms. The number of rotatable bonds is 5. The highest BCUT2D eigenvalue weighted by Gasteiger charge is 2.39. The molecule has 4 nitrogen and oxygen atoms in total. The van der Waals surface area contributed by atoms with E-state index in [-0.39, 0.29) is 11.3 Å². The number of hydrogen-bond donors (Lipinski definition) is 1. The maximum atomic E-state index is 12.0. The second kappa shape index (κ2) is 6.10. The first-order chi connectivity index (χ1) is 8.89. The third kappa shape index (κ3) is 3.70. The van der Waals surface area contributed by atoms with Crippen molar-refractivity contribution in [2.45, 2.75) is 69.3 Å². The molecule has 2 aliphatic rings. The van der Waals surface area contributed by atoms with Gasteiger partial charge in [0.2, 0.25) is 0 Å². The fourth-order valence-electron chi connectivity index (χ4n) is 3.68. The summed E-state index contributed by atoms with van der Waals surface area (Å²) in [7, 11) is -2.93. The second-order valence-corrected chi connectivity index (χ2v) is 8.71. The van der Waals surface area contributed by atoms with Crippen molar-refractivity contribution in [2.24, 2.45) is 0 Å². The Bertz CT molecular complexity index is 388. The van der Waals surface area contributed by atoms with Crippen LogP contribution in [-0.4, -0.2) is 56.0 Å². The molecule has 0 aromatic heterocycles. The van der Waals surface area contributed by atoms with Crippen LogP contribution in [0.25, 0.3) is 0 Å². The molecule has 1 saturated carbocycles. The molecule has 0 amide bonds. The Morgan fingerprint density at radius 1 is 1.21 bits per heavy atom. The van der Waals surface area contributed by atoms with Gasteiger partial charge in [0.15, 0.2) is 9.84 Å². The van der Waals surface area contributed by atoms with E-state index in [1.54, 1.807) is 0 Å². The average Bonchev–Trinajstić information content (AvgIpc) is 2.95. The van der Waals surface area contributed by atoms with Crippen LogP contribution in [0.2, 0.25) is 0 Å². The number of hydrogen-bond acceptors (Lipinski definition) is 4. The summed E-state index contributed by atoms with van der Waals surface area (Å²) in [6.07, 6.45) is 6.79. The highest BCUT2D eigenvalue weighted by atomic mass is 32.2. The lowest BCUT2D eigenvalue weighted by atomic mass is 10.1. The van der Waals surface area contributed by atoms with Gasteiger partial charge < -0.3 is 5.32 Å². The van der Waals surface area contributed by atoms with Crippen molar-refractivity contribution in [2.75, 3.05) is 19.3 Å². The van der Waals surface area contributed by atoms with Gasteiger partial charge in [0.25, 0.3) is 0 Å². The minimum absolute atomic E-state index is 0.156. The van der Waals surface area contributed by atoms with Gasteiger partial charge in [-0.15, -0.1) is 0 Å². The second-order valence-electron chi connectivity index (χ2n) is 6.45. The van der Waals surface area contributed by atoms with Crippen LogP contribution in [0.15, 0.2) is 0 Å². The maximum Gasteiger partial charge on any atom is 0.151 e. The summed E-state index contributed by atoms with van der Waals surface area (Å²) in [4.78, 5) is 2.43. The Labute approximate surface area is 117 Å². The summed E-state index contributed by atoms with van der Waals surface area (Å²) in [5.74, 6) is 0. The van der Waals surface area contributed by atoms with Crippen molar-refractivity contribution in [3.05, 3.63) is 0 Å². The molecule has 0 aromatic carbocycles. The van der Waals surface area contributed by atoms with Crippen molar-refractivity contribution in [3.63, 3.8) is 0 Å². The van der Waals surface area contributed by atoms with E-state index in [1.807, 2.05) is 0 Å². The summed E-state index contributed by atoms with van der Waals surface area (Å²) >= 11 is 0. The standard InChI is InChI=1S/C14H28N2O2S/c1-11(2)16(10-12-6-5-9-15-12)13-7-4-8-14(13)19(3,17)18/h11-15H,4-10H2,1-3H3. The quantitative estimate of drug-likeness (QED) is 0.831. The van der Waals surface area contributed by atoms with E-state index < -0.39 is 9.84 Å². The molecule has 2 rings (SSSR count). The normalized spacial score (nSPS) is 32.6. The van der Waals surface area contributed by atoms with Crippen LogP contribution in [0.4, 0.5) is 0 Å². The largest absolute Gasteiger partial charge is 0.313 e. The lowest BCUT2D eigenvalue weighted by Gasteiger charge is -2.37. The Morgan fingerprint density at radius 3 is 2.47 bits per heavy atom. The molecule has 2 fully saturated rings. The Balaban J connectivity index is 2.09. The Hall–Kier alpha value is -0.130. The maximum absolute atomic E-state index is 12.0. The third-order valence-electron chi connectivity index (χ3n) is 4.65. The summed E-state index contributed by atoms with van der Waals surface area (Å²) in [5, 5.41) is 3.37. The van der Waals surface area contributed by atoms with Crippen molar-refractivity contribution in [1.82, 2.24) is 10.2 Å². The monoisotopic (exact) mass is 288 g/mol. The van der Waals surface area contributed by atoms with Crippen LogP contribution in [-0.2, 0) is 9.84 Å². The molecule has 5 heteroatoms. The summed E-state index contributed by atoms with van der Waals surface area (Å²) in [6, 6.07) is 1.18. The van der Waals surface area contributed by atoms with E-state index in [1.165, 1.54) is 19.1 Å². The molecule has 0 radical (unpaired) electrons. The van der Waals surface area contributed by atoms with Gasteiger partial charge >= 0.3 is 0 Å². The fourth-order valence-corrected chi connectivity index (χ4v) is 5.14. The van der Waals surface area contributed by atoms with Gasteiger partial charge in [0.05, 0.1) is 5.25 Å². The van der Waals surface area contributed by atoms with Crippen LogP contribution >= 0.6 is 0 Å². The van der Waals surface area contributed by atoms with Gasteiger partial charge in [-0.1, -0.05) is 6.42 Å². The smallest absolute Gasteiger partial charge is 0.151 e. The molecule has 1 aliphatic carbocycles. The fraction of sp³-hybridized carbons (Fsp3) is 1.00. The topological polar surface area (TPSA) is 49.4 Å². The van der Waals surface area contributed by atoms with Crippen molar-refractivity contribution >= 4 is 9.84 Å². The van der Waals surface area contributed by atoms with Crippen molar-refractivity contribution in [1.29, 1.82) is 0 Å². The van der Waals surface area contributed by atoms with Gasteiger partial charge in [-0.2, -0.15) is 0 Å². The van der Waals surface area contributed by atoms with E-state index in [0.717, 1.165) is 32.4 Å². The van der Waals surface area contributed by atoms with E-state index in [9.17, 15) is 8.42 Å². The summed E-state index contributed by atoms with van der Waals surface area (Å²) < 4.78 is 23.9. The predicted molar refractivity (Wildman–Crippen MR) is 79.1 cm³/mol. The molecule has 0 aromatic rings. The van der Waals surface area contributed by atoms with E-state index in [2.05, 4.69) is 24.1 Å². The molecule has 1 saturated heterocycles. The first-order valence-electron chi connectivity index (χ1n) is 7.57. The van der Waals surface area contributed by atoms with Gasteiger partial charge in [-0.25, -0.2) is 8.42 Å². The lowest BCUT2D eigenvalue weighted by Crippen LogP contribution is -2.51. The number of nitrogens with one attached hydrogen (secondary N) is 1. The molecule has 3 unspecified atom stereocenters. The van der Waals surface area contributed by atoms with Crippen molar-refractivity contribution in [3.8, 4) is 0 Å². The molecule has 0 bridgehead atoms. The molecule has 19 heavy (non-hydrogen) atoms. The van der Waals surface area contributed by atoms with Crippen LogP contribution in [0.5, 0.6) is 0 Å². The zero-order valence-corrected chi connectivity index (χ0v) is 13.2. The van der Waals surface area contributed by atoms with Crippen molar-refractivity contribution < 1.29 is 8.42 Å². The minimum Gasteiger partial charge on any atom is -0.313 e. The average molecular weight is 288 g/mol.